The van der Waals surface area contributed by atoms with Gasteiger partial charge in [-0.1, -0.05) is 67.1 Å². The number of carbonyl (C=O) groups excluding carboxylic acids is 1. The van der Waals surface area contributed by atoms with E-state index in [1.165, 1.54) is 6.42 Å². The third-order valence-electron chi connectivity index (χ3n) is 5.54. The molecule has 0 radical (unpaired) electrons. The first-order valence-corrected chi connectivity index (χ1v) is 9.65. The highest BCUT2D eigenvalue weighted by Crippen LogP contribution is 2.45. The molecule has 2 atom stereocenters. The second-order valence-corrected chi connectivity index (χ2v) is 7.34. The number of rotatable bonds is 4. The molecule has 1 fully saturated rings. The van der Waals surface area contributed by atoms with E-state index in [2.05, 4.69) is 17.6 Å². The van der Waals surface area contributed by atoms with E-state index >= 15 is 0 Å². The second kappa shape index (κ2) is 7.53. The summed E-state index contributed by atoms with van der Waals surface area (Å²) in [5.41, 5.74) is 4.16. The minimum atomic E-state index is -1.01. The Morgan fingerprint density at radius 3 is 2.30 bits per heavy atom. The zero-order valence-corrected chi connectivity index (χ0v) is 15.7. The molecule has 0 aromatic heterocycles. The van der Waals surface area contributed by atoms with Gasteiger partial charge >= 0.3 is 0 Å². The van der Waals surface area contributed by atoms with E-state index in [-0.39, 0.29) is 11.9 Å². The van der Waals surface area contributed by atoms with Gasteiger partial charge in [-0.15, -0.1) is 0 Å². The molecule has 2 aromatic carbocycles. The predicted molar refractivity (Wildman–Crippen MR) is 107 cm³/mol. The van der Waals surface area contributed by atoms with Crippen LogP contribution >= 0.6 is 0 Å². The van der Waals surface area contributed by atoms with Gasteiger partial charge in [0.25, 0.3) is 5.91 Å². The summed E-state index contributed by atoms with van der Waals surface area (Å²) in [6, 6.07) is 19.9. The Hall–Kier alpha value is -2.66. The molecule has 2 unspecified atom stereocenters. The molecule has 2 heterocycles. The Labute approximate surface area is 160 Å². The number of nitrogens with one attached hydrogen (secondary N) is 1. The average Bonchev–Trinajstić information content (AvgIpc) is 3.08. The summed E-state index contributed by atoms with van der Waals surface area (Å²) in [5.74, 6) is -0.0648. The van der Waals surface area contributed by atoms with E-state index in [1.54, 1.807) is 6.34 Å². The molecular weight excluding hydrogens is 336 g/mol. The van der Waals surface area contributed by atoms with Crippen LogP contribution < -0.4 is 5.43 Å². The first kappa shape index (κ1) is 17.7. The van der Waals surface area contributed by atoms with Gasteiger partial charge in [-0.2, -0.15) is 0 Å². The normalized spacial score (nSPS) is 25.5. The molecule has 140 valence electrons. The maximum absolute atomic E-state index is 13.7. The van der Waals surface area contributed by atoms with Crippen LogP contribution in [0.5, 0.6) is 0 Å². The van der Waals surface area contributed by atoms with Gasteiger partial charge in [0.05, 0.1) is 12.4 Å². The molecule has 27 heavy (non-hydrogen) atoms. The third kappa shape index (κ3) is 3.23. The Balaban J connectivity index is 1.76. The zero-order valence-electron chi connectivity index (χ0n) is 15.7. The highest BCUT2D eigenvalue weighted by Gasteiger charge is 2.52. The molecule has 2 aliphatic heterocycles. The lowest BCUT2D eigenvalue weighted by Crippen LogP contribution is -2.54. The maximum Gasteiger partial charge on any atom is 0.269 e. The Bertz CT molecular complexity index is 802. The lowest BCUT2D eigenvalue weighted by molar-refractivity contribution is -0.133. The first-order chi connectivity index (χ1) is 13.2. The molecule has 1 saturated heterocycles. The highest BCUT2D eigenvalue weighted by molar-refractivity contribution is 5.92. The molecule has 2 aromatic rings. The van der Waals surface area contributed by atoms with Crippen LogP contribution in [-0.4, -0.2) is 42.3 Å². The number of benzene rings is 2. The second-order valence-electron chi connectivity index (χ2n) is 7.34. The van der Waals surface area contributed by atoms with Gasteiger partial charge in [0.1, 0.15) is 0 Å². The van der Waals surface area contributed by atoms with Crippen molar-refractivity contribution in [1.82, 2.24) is 15.3 Å². The standard InChI is InChI=1S/C22H26N4O/c1-25-17-23-22(19-13-7-3-8-14-19,20(25)18-11-5-2-6-12-18)21(27)24-26-15-9-4-10-16-26/h2-3,5-8,11-14,17,20H,4,9-10,15-16H2,1H3,(H,24,27). The molecule has 5 heteroatoms. The minimum absolute atomic E-state index is 0.0648. The SMILES string of the molecule is CN1C=NC(C(=O)NN2CCCCC2)(c2ccccc2)C1c1ccccc1. The minimum Gasteiger partial charge on any atom is -0.356 e. The van der Waals surface area contributed by atoms with Gasteiger partial charge < -0.3 is 4.90 Å². The van der Waals surface area contributed by atoms with Crippen LogP contribution in [0.2, 0.25) is 0 Å². The van der Waals surface area contributed by atoms with Crippen LogP contribution in [0.3, 0.4) is 0 Å². The highest BCUT2D eigenvalue weighted by atomic mass is 16.2. The van der Waals surface area contributed by atoms with Crippen LogP contribution in [0, 0.1) is 0 Å². The number of nitrogens with zero attached hydrogens (tertiary/aromatic N) is 3. The van der Waals surface area contributed by atoms with Crippen molar-refractivity contribution in [3.63, 3.8) is 0 Å². The van der Waals surface area contributed by atoms with Gasteiger partial charge in [0.15, 0.2) is 5.54 Å². The molecule has 1 amide bonds. The van der Waals surface area contributed by atoms with E-state index in [4.69, 9.17) is 4.99 Å². The monoisotopic (exact) mass is 362 g/mol. The molecule has 1 N–H and O–H groups in total. The molecule has 0 aliphatic carbocycles. The number of carbonyl (C=O) groups is 1. The zero-order chi connectivity index (χ0) is 18.7. The van der Waals surface area contributed by atoms with Crippen molar-refractivity contribution in [2.24, 2.45) is 4.99 Å². The van der Waals surface area contributed by atoms with Crippen LogP contribution in [0.25, 0.3) is 0 Å². The van der Waals surface area contributed by atoms with Crippen molar-refractivity contribution < 1.29 is 4.79 Å². The van der Waals surface area contributed by atoms with E-state index in [0.29, 0.717) is 0 Å². The van der Waals surface area contributed by atoms with E-state index in [9.17, 15) is 4.79 Å². The lowest BCUT2D eigenvalue weighted by Gasteiger charge is -2.37. The summed E-state index contributed by atoms with van der Waals surface area (Å²) in [7, 11) is 1.99. The van der Waals surface area contributed by atoms with Crippen molar-refractivity contribution >= 4 is 12.2 Å². The molecular formula is C22H26N4O. The number of hydrogen-bond acceptors (Lipinski definition) is 4. The van der Waals surface area contributed by atoms with E-state index in [1.807, 2.05) is 65.5 Å². The van der Waals surface area contributed by atoms with E-state index < -0.39 is 5.54 Å². The molecule has 0 bridgehead atoms. The van der Waals surface area contributed by atoms with Crippen molar-refractivity contribution in [1.29, 1.82) is 0 Å². The maximum atomic E-state index is 13.7. The summed E-state index contributed by atoms with van der Waals surface area (Å²) in [4.78, 5) is 20.5. The number of aliphatic imine (C=N–C) groups is 1. The van der Waals surface area contributed by atoms with Crippen molar-refractivity contribution in [2.45, 2.75) is 30.8 Å². The fourth-order valence-electron chi connectivity index (χ4n) is 4.20. The summed E-state index contributed by atoms with van der Waals surface area (Å²) in [6.07, 6.45) is 5.25. The van der Waals surface area contributed by atoms with Crippen LogP contribution in [0.4, 0.5) is 0 Å². The number of amides is 1. The molecule has 5 nitrogen and oxygen atoms in total. The Morgan fingerprint density at radius 1 is 1.00 bits per heavy atom. The molecule has 0 saturated carbocycles. The fraction of sp³-hybridized carbons (Fsp3) is 0.364. The number of hydrazine groups is 1. The van der Waals surface area contributed by atoms with Gasteiger partial charge in [0, 0.05) is 20.1 Å². The number of piperidine rings is 1. The summed E-state index contributed by atoms with van der Waals surface area (Å²) < 4.78 is 0. The summed E-state index contributed by atoms with van der Waals surface area (Å²) in [6.45, 7) is 1.79. The first-order valence-electron chi connectivity index (χ1n) is 9.65. The van der Waals surface area contributed by atoms with Crippen molar-refractivity contribution in [2.75, 3.05) is 20.1 Å². The molecule has 4 rings (SSSR count). The largest absolute Gasteiger partial charge is 0.356 e. The fourth-order valence-corrected chi connectivity index (χ4v) is 4.20. The smallest absolute Gasteiger partial charge is 0.269 e. The van der Waals surface area contributed by atoms with Crippen molar-refractivity contribution in [3.8, 4) is 0 Å². The topological polar surface area (TPSA) is 47.9 Å². The summed E-state index contributed by atoms with van der Waals surface area (Å²) in [5, 5.41) is 2.05. The Kier molecular flexibility index (Phi) is 4.94. The number of likely N-dealkylation sites (N-methyl/N-ethyl adjacent to an activating group) is 1. The lowest BCUT2D eigenvalue weighted by atomic mass is 9.79. The van der Waals surface area contributed by atoms with Crippen molar-refractivity contribution in [3.05, 3.63) is 71.8 Å². The van der Waals surface area contributed by atoms with Gasteiger partial charge in [-0.3, -0.25) is 15.2 Å². The van der Waals surface area contributed by atoms with Crippen LogP contribution in [-0.2, 0) is 10.3 Å². The Morgan fingerprint density at radius 2 is 1.63 bits per heavy atom. The van der Waals surface area contributed by atoms with Crippen LogP contribution in [0.15, 0.2) is 65.7 Å². The third-order valence-corrected chi connectivity index (χ3v) is 5.54. The van der Waals surface area contributed by atoms with Gasteiger partial charge in [-0.25, -0.2) is 5.01 Å². The molecule has 0 spiro atoms. The quantitative estimate of drug-likeness (QED) is 0.909. The van der Waals surface area contributed by atoms with E-state index in [0.717, 1.165) is 37.1 Å². The summed E-state index contributed by atoms with van der Waals surface area (Å²) >= 11 is 0. The predicted octanol–water partition coefficient (Wildman–Crippen LogP) is 3.11. The van der Waals surface area contributed by atoms with Crippen LogP contribution in [0.1, 0.15) is 36.4 Å². The molecule has 2 aliphatic rings. The average molecular weight is 362 g/mol. The van der Waals surface area contributed by atoms with Gasteiger partial charge in [-0.05, 0) is 24.0 Å². The van der Waals surface area contributed by atoms with Gasteiger partial charge in [0.2, 0.25) is 0 Å². The number of hydrogen-bond donors (Lipinski definition) is 1.